The van der Waals surface area contributed by atoms with Crippen LogP contribution < -0.4 is 0 Å². The Labute approximate surface area is 101 Å². The van der Waals surface area contributed by atoms with Gasteiger partial charge in [0.1, 0.15) is 0 Å². The number of rotatable bonds is 4. The Morgan fingerprint density at radius 2 is 1.88 bits per heavy atom. The van der Waals surface area contributed by atoms with Crippen molar-refractivity contribution in [1.82, 2.24) is 14.7 Å². The molecule has 1 heterocycles. The Morgan fingerprint density at radius 3 is 2.50 bits per heavy atom. The van der Waals surface area contributed by atoms with Crippen LogP contribution in [0.2, 0.25) is 0 Å². The van der Waals surface area contributed by atoms with Crippen LogP contribution in [-0.2, 0) is 0 Å². The van der Waals surface area contributed by atoms with Crippen molar-refractivity contribution < 1.29 is 0 Å². The lowest BCUT2D eigenvalue weighted by Crippen LogP contribution is -2.34. The number of nitrogens with zero attached hydrogens (tertiary/aromatic N) is 3. The Morgan fingerprint density at radius 1 is 1.12 bits per heavy atom. The second-order valence-electron chi connectivity index (χ2n) is 5.17. The highest BCUT2D eigenvalue weighted by atomic mass is 15.2. The number of hydrogen-bond donors (Lipinski definition) is 0. The van der Waals surface area contributed by atoms with E-state index >= 15 is 0 Å². The van der Waals surface area contributed by atoms with Crippen molar-refractivity contribution in [1.29, 1.82) is 0 Å². The summed E-state index contributed by atoms with van der Waals surface area (Å²) >= 11 is 0. The van der Waals surface area contributed by atoms with Crippen molar-refractivity contribution in [2.24, 2.45) is 0 Å². The minimum absolute atomic E-state index is 0.686. The van der Waals surface area contributed by atoms with Gasteiger partial charge in [-0.15, -0.1) is 0 Å². The Balaban J connectivity index is 2.32. The molecular weight excluding hydrogens is 198 g/mol. The normalized spacial score (nSPS) is 20.0. The Hall–Kier alpha value is -0.540. The fraction of sp³-hybridized carbons (Fsp3) is 0.846. The molecule has 0 N–H and O–H groups in total. The quantitative estimate of drug-likeness (QED) is 0.717. The zero-order valence-corrected chi connectivity index (χ0v) is 11.3. The molecule has 0 amide bonds. The third kappa shape index (κ3) is 4.99. The molecular formula is C13H27N3. The molecule has 0 unspecified atom stereocenters. The first-order chi connectivity index (χ1) is 7.59. The van der Waals surface area contributed by atoms with Crippen molar-refractivity contribution in [3.63, 3.8) is 0 Å². The van der Waals surface area contributed by atoms with Gasteiger partial charge >= 0.3 is 0 Å². The minimum atomic E-state index is 0.686. The van der Waals surface area contributed by atoms with E-state index in [4.69, 9.17) is 0 Å². The van der Waals surface area contributed by atoms with Gasteiger partial charge in [-0.2, -0.15) is 0 Å². The Bertz CT molecular complexity index is 211. The summed E-state index contributed by atoms with van der Waals surface area (Å²) in [6.07, 6.45) is 5.80. The van der Waals surface area contributed by atoms with Gasteiger partial charge in [0.25, 0.3) is 0 Å². The molecule has 0 atom stereocenters. The standard InChI is InChI=1S/C13H27N3/c1-13(2)16-10-6-9-15(11-12-16)8-5-7-14(3)4/h5,8,13H,6-7,9-12H2,1-4H3/b8-5+. The molecule has 3 nitrogen and oxygen atoms in total. The average molecular weight is 225 g/mol. The molecule has 94 valence electrons. The van der Waals surface area contributed by atoms with Gasteiger partial charge in [0.2, 0.25) is 0 Å². The number of likely N-dealkylation sites (N-methyl/N-ethyl adjacent to an activating group) is 1. The first-order valence-electron chi connectivity index (χ1n) is 6.39. The highest BCUT2D eigenvalue weighted by Gasteiger charge is 2.14. The molecule has 0 radical (unpaired) electrons. The minimum Gasteiger partial charge on any atom is -0.376 e. The van der Waals surface area contributed by atoms with E-state index in [0.717, 1.165) is 6.54 Å². The van der Waals surface area contributed by atoms with E-state index in [1.54, 1.807) is 0 Å². The van der Waals surface area contributed by atoms with E-state index in [2.05, 4.69) is 54.9 Å². The molecule has 0 spiro atoms. The second kappa shape index (κ2) is 6.92. The molecule has 1 aliphatic heterocycles. The molecule has 0 bridgehead atoms. The van der Waals surface area contributed by atoms with E-state index in [-0.39, 0.29) is 0 Å². The monoisotopic (exact) mass is 225 g/mol. The second-order valence-corrected chi connectivity index (χ2v) is 5.17. The maximum atomic E-state index is 2.57. The highest BCUT2D eigenvalue weighted by Crippen LogP contribution is 2.06. The lowest BCUT2D eigenvalue weighted by molar-refractivity contribution is 0.231. The van der Waals surface area contributed by atoms with Crippen LogP contribution in [0.15, 0.2) is 12.3 Å². The fourth-order valence-corrected chi connectivity index (χ4v) is 2.03. The van der Waals surface area contributed by atoms with Gasteiger partial charge in [0.05, 0.1) is 0 Å². The lowest BCUT2D eigenvalue weighted by atomic mass is 10.3. The van der Waals surface area contributed by atoms with Gasteiger partial charge < -0.3 is 9.80 Å². The van der Waals surface area contributed by atoms with Gasteiger partial charge in [-0.1, -0.05) is 6.08 Å². The predicted octanol–water partition coefficient (Wildman–Crippen LogP) is 1.48. The van der Waals surface area contributed by atoms with Crippen molar-refractivity contribution >= 4 is 0 Å². The average Bonchev–Trinajstić information content (AvgIpc) is 2.42. The topological polar surface area (TPSA) is 9.72 Å². The molecule has 0 aromatic heterocycles. The summed E-state index contributed by atoms with van der Waals surface area (Å²) in [4.78, 5) is 7.21. The molecule has 0 saturated carbocycles. The molecule has 1 aliphatic rings. The zero-order valence-electron chi connectivity index (χ0n) is 11.3. The van der Waals surface area contributed by atoms with Crippen molar-refractivity contribution in [3.8, 4) is 0 Å². The predicted molar refractivity (Wildman–Crippen MR) is 70.6 cm³/mol. The summed E-state index contributed by atoms with van der Waals surface area (Å²) in [7, 11) is 4.21. The lowest BCUT2D eigenvalue weighted by Gasteiger charge is -2.24. The van der Waals surface area contributed by atoms with Gasteiger partial charge in [-0.3, -0.25) is 4.90 Å². The van der Waals surface area contributed by atoms with Crippen LogP contribution in [0.5, 0.6) is 0 Å². The molecule has 16 heavy (non-hydrogen) atoms. The summed E-state index contributed by atoms with van der Waals surface area (Å²) in [5.74, 6) is 0. The fourth-order valence-electron chi connectivity index (χ4n) is 2.03. The molecule has 0 aromatic carbocycles. The Kier molecular flexibility index (Phi) is 5.85. The highest BCUT2D eigenvalue weighted by molar-refractivity contribution is 4.86. The zero-order chi connectivity index (χ0) is 12.0. The summed E-state index contributed by atoms with van der Waals surface area (Å²) in [5, 5.41) is 0. The van der Waals surface area contributed by atoms with Crippen LogP contribution in [0, 0.1) is 0 Å². The molecule has 1 saturated heterocycles. The van der Waals surface area contributed by atoms with Gasteiger partial charge in [-0.05, 0) is 40.6 Å². The third-order valence-corrected chi connectivity index (χ3v) is 3.08. The van der Waals surface area contributed by atoms with E-state index in [0.29, 0.717) is 6.04 Å². The largest absolute Gasteiger partial charge is 0.376 e. The molecule has 3 heteroatoms. The first-order valence-corrected chi connectivity index (χ1v) is 6.39. The summed E-state index contributed by atoms with van der Waals surface area (Å²) in [5.41, 5.74) is 0. The smallest absolute Gasteiger partial charge is 0.0300 e. The molecule has 0 aliphatic carbocycles. The van der Waals surface area contributed by atoms with E-state index in [1.165, 1.54) is 32.6 Å². The van der Waals surface area contributed by atoms with Crippen molar-refractivity contribution in [2.75, 3.05) is 46.8 Å². The molecule has 1 rings (SSSR count). The van der Waals surface area contributed by atoms with Crippen LogP contribution in [0.1, 0.15) is 20.3 Å². The SMILES string of the molecule is CC(C)N1CCCN(/C=C/CN(C)C)CC1. The van der Waals surface area contributed by atoms with Crippen LogP contribution >= 0.6 is 0 Å². The first kappa shape index (κ1) is 13.5. The van der Waals surface area contributed by atoms with Gasteiger partial charge in [-0.25, -0.2) is 0 Å². The van der Waals surface area contributed by atoms with E-state index in [1.807, 2.05) is 0 Å². The van der Waals surface area contributed by atoms with Gasteiger partial charge in [0.15, 0.2) is 0 Å². The van der Waals surface area contributed by atoms with Crippen LogP contribution in [0.25, 0.3) is 0 Å². The third-order valence-electron chi connectivity index (χ3n) is 3.08. The van der Waals surface area contributed by atoms with Crippen LogP contribution in [0.4, 0.5) is 0 Å². The van der Waals surface area contributed by atoms with Crippen molar-refractivity contribution in [3.05, 3.63) is 12.3 Å². The van der Waals surface area contributed by atoms with Crippen LogP contribution in [-0.4, -0.2) is 67.6 Å². The summed E-state index contributed by atoms with van der Waals surface area (Å²) in [6.45, 7) is 10.4. The van der Waals surface area contributed by atoms with Crippen LogP contribution in [0.3, 0.4) is 0 Å². The molecule has 0 aromatic rings. The molecule has 1 fully saturated rings. The maximum Gasteiger partial charge on any atom is 0.0300 e. The summed E-state index contributed by atoms with van der Waals surface area (Å²) in [6, 6.07) is 0.686. The number of hydrogen-bond acceptors (Lipinski definition) is 3. The maximum absolute atomic E-state index is 2.57. The van der Waals surface area contributed by atoms with Gasteiger partial charge in [0, 0.05) is 38.8 Å². The van der Waals surface area contributed by atoms with Crippen molar-refractivity contribution in [2.45, 2.75) is 26.3 Å². The summed E-state index contributed by atoms with van der Waals surface area (Å²) < 4.78 is 0. The van der Waals surface area contributed by atoms with E-state index < -0.39 is 0 Å². The van der Waals surface area contributed by atoms with E-state index in [9.17, 15) is 0 Å².